The van der Waals surface area contributed by atoms with E-state index in [1.54, 1.807) is 13.3 Å². The molecule has 1 amide bonds. The van der Waals surface area contributed by atoms with E-state index in [1.807, 2.05) is 36.6 Å². The fourth-order valence-electron chi connectivity index (χ4n) is 1.72. The van der Waals surface area contributed by atoms with Crippen LogP contribution in [0.3, 0.4) is 0 Å². The normalized spacial score (nSPS) is 11.7. The molecule has 1 aromatic carbocycles. The minimum Gasteiger partial charge on any atom is -0.497 e. The van der Waals surface area contributed by atoms with E-state index in [1.165, 1.54) is 11.3 Å². The average Bonchev–Trinajstić information content (AvgIpc) is 2.98. The zero-order valence-corrected chi connectivity index (χ0v) is 12.2. The molecule has 0 unspecified atom stereocenters. The molecule has 0 radical (unpaired) electrons. The van der Waals surface area contributed by atoms with Gasteiger partial charge in [0, 0.05) is 17.3 Å². The van der Waals surface area contributed by atoms with E-state index in [0.29, 0.717) is 11.6 Å². The number of nitrogens with zero attached hydrogens (tertiary/aromatic N) is 1. The van der Waals surface area contributed by atoms with Crippen LogP contribution < -0.4 is 15.4 Å². The predicted molar refractivity (Wildman–Crippen MR) is 81.4 cm³/mol. The second-order valence-corrected chi connectivity index (χ2v) is 5.05. The molecular formula is C14H17N3O2S. The van der Waals surface area contributed by atoms with Crippen LogP contribution in [0, 0.1) is 0 Å². The lowest BCUT2D eigenvalue weighted by molar-refractivity contribution is -0.116. The maximum absolute atomic E-state index is 12.1. The first-order valence-corrected chi connectivity index (χ1v) is 7.22. The summed E-state index contributed by atoms with van der Waals surface area (Å²) in [6.07, 6.45) is 2.35. The Labute approximate surface area is 122 Å². The third kappa shape index (κ3) is 3.71. The van der Waals surface area contributed by atoms with Gasteiger partial charge in [0.05, 0.1) is 7.11 Å². The summed E-state index contributed by atoms with van der Waals surface area (Å²) in [5.74, 6) is 0.703. The van der Waals surface area contributed by atoms with Crippen molar-refractivity contribution in [3.63, 3.8) is 0 Å². The SMILES string of the molecule is CC[C@H](Nc1ccc(OC)cc1)C(=O)Nc1nccs1. The maximum atomic E-state index is 12.1. The van der Waals surface area contributed by atoms with Crippen molar-refractivity contribution in [2.24, 2.45) is 0 Å². The number of amides is 1. The number of rotatable bonds is 6. The van der Waals surface area contributed by atoms with E-state index in [4.69, 9.17) is 4.74 Å². The van der Waals surface area contributed by atoms with Crippen LogP contribution in [0.2, 0.25) is 0 Å². The Morgan fingerprint density at radius 1 is 1.40 bits per heavy atom. The van der Waals surface area contributed by atoms with Gasteiger partial charge in [-0.1, -0.05) is 6.92 Å². The smallest absolute Gasteiger partial charge is 0.248 e. The number of ether oxygens (including phenoxy) is 1. The van der Waals surface area contributed by atoms with Gasteiger partial charge in [0.15, 0.2) is 5.13 Å². The Bertz CT molecular complexity index is 540. The summed E-state index contributed by atoms with van der Waals surface area (Å²) >= 11 is 1.40. The number of benzene rings is 1. The van der Waals surface area contributed by atoms with E-state index in [-0.39, 0.29) is 11.9 Å². The second kappa shape index (κ2) is 6.91. The highest BCUT2D eigenvalue weighted by Crippen LogP contribution is 2.17. The van der Waals surface area contributed by atoms with Crippen LogP contribution in [0.15, 0.2) is 35.8 Å². The van der Waals surface area contributed by atoms with Gasteiger partial charge in [-0.25, -0.2) is 4.98 Å². The van der Waals surface area contributed by atoms with Crippen molar-refractivity contribution in [1.29, 1.82) is 0 Å². The Hall–Kier alpha value is -2.08. The van der Waals surface area contributed by atoms with Gasteiger partial charge in [-0.3, -0.25) is 4.79 Å². The molecule has 2 aromatic rings. The van der Waals surface area contributed by atoms with Crippen molar-refractivity contribution in [3.05, 3.63) is 35.8 Å². The molecule has 0 aliphatic carbocycles. The molecule has 0 fully saturated rings. The first kappa shape index (κ1) is 14.3. The molecule has 0 saturated carbocycles. The minimum absolute atomic E-state index is 0.0849. The number of methoxy groups -OCH3 is 1. The molecule has 0 aliphatic heterocycles. The van der Waals surface area contributed by atoms with E-state index in [9.17, 15) is 4.79 Å². The molecule has 20 heavy (non-hydrogen) atoms. The van der Waals surface area contributed by atoms with Crippen LogP contribution in [-0.4, -0.2) is 24.0 Å². The Kier molecular flexibility index (Phi) is 4.95. The standard InChI is InChI=1S/C14H17N3O2S/c1-3-12(13(18)17-14-15-8-9-20-14)16-10-4-6-11(19-2)7-5-10/h4-9,12,16H,3H2,1-2H3,(H,15,17,18)/t12-/m0/s1. The second-order valence-electron chi connectivity index (χ2n) is 4.16. The lowest BCUT2D eigenvalue weighted by Gasteiger charge is -2.17. The van der Waals surface area contributed by atoms with Crippen molar-refractivity contribution >= 4 is 28.1 Å². The Morgan fingerprint density at radius 3 is 2.70 bits per heavy atom. The molecular weight excluding hydrogens is 274 g/mol. The van der Waals surface area contributed by atoms with Crippen LogP contribution in [0.4, 0.5) is 10.8 Å². The van der Waals surface area contributed by atoms with Gasteiger partial charge >= 0.3 is 0 Å². The molecule has 2 N–H and O–H groups in total. The first-order valence-electron chi connectivity index (χ1n) is 6.34. The molecule has 0 aliphatic rings. The number of aromatic nitrogens is 1. The van der Waals surface area contributed by atoms with Gasteiger partial charge in [-0.15, -0.1) is 11.3 Å². The Morgan fingerprint density at radius 2 is 2.15 bits per heavy atom. The van der Waals surface area contributed by atoms with Crippen molar-refractivity contribution in [2.45, 2.75) is 19.4 Å². The largest absolute Gasteiger partial charge is 0.497 e. The molecule has 106 valence electrons. The van der Waals surface area contributed by atoms with Gasteiger partial charge in [0.1, 0.15) is 11.8 Å². The number of anilines is 2. The molecule has 1 atom stereocenters. The van der Waals surface area contributed by atoms with Crippen LogP contribution in [0.25, 0.3) is 0 Å². The van der Waals surface area contributed by atoms with E-state index < -0.39 is 0 Å². The van der Waals surface area contributed by atoms with E-state index >= 15 is 0 Å². The quantitative estimate of drug-likeness (QED) is 0.859. The van der Waals surface area contributed by atoms with E-state index in [2.05, 4.69) is 15.6 Å². The zero-order chi connectivity index (χ0) is 14.4. The number of carbonyl (C=O) groups is 1. The summed E-state index contributed by atoms with van der Waals surface area (Å²) in [4.78, 5) is 16.2. The van der Waals surface area contributed by atoms with E-state index in [0.717, 1.165) is 11.4 Å². The number of hydrogen-bond acceptors (Lipinski definition) is 5. The van der Waals surface area contributed by atoms with Gasteiger partial charge in [-0.05, 0) is 30.7 Å². The highest BCUT2D eigenvalue weighted by molar-refractivity contribution is 7.13. The highest BCUT2D eigenvalue weighted by Gasteiger charge is 2.17. The summed E-state index contributed by atoms with van der Waals surface area (Å²) in [5.41, 5.74) is 0.881. The topological polar surface area (TPSA) is 63.2 Å². The molecule has 0 bridgehead atoms. The van der Waals surface area contributed by atoms with Crippen LogP contribution >= 0.6 is 11.3 Å². The highest BCUT2D eigenvalue weighted by atomic mass is 32.1. The summed E-state index contributed by atoms with van der Waals surface area (Å²) in [5, 5.41) is 8.44. The summed E-state index contributed by atoms with van der Waals surface area (Å²) in [6, 6.07) is 7.19. The zero-order valence-electron chi connectivity index (χ0n) is 11.4. The molecule has 1 aromatic heterocycles. The number of thiazole rings is 1. The third-order valence-electron chi connectivity index (χ3n) is 2.82. The maximum Gasteiger partial charge on any atom is 0.248 e. The monoisotopic (exact) mass is 291 g/mol. The third-order valence-corrected chi connectivity index (χ3v) is 3.51. The minimum atomic E-state index is -0.299. The van der Waals surface area contributed by atoms with Crippen molar-refractivity contribution in [2.75, 3.05) is 17.7 Å². The molecule has 0 spiro atoms. The molecule has 1 heterocycles. The average molecular weight is 291 g/mol. The number of carbonyl (C=O) groups excluding carboxylic acids is 1. The summed E-state index contributed by atoms with van der Waals surface area (Å²) < 4.78 is 5.10. The van der Waals surface area contributed by atoms with Gasteiger partial charge < -0.3 is 15.4 Å². The van der Waals surface area contributed by atoms with Crippen LogP contribution in [0.1, 0.15) is 13.3 Å². The van der Waals surface area contributed by atoms with Crippen molar-refractivity contribution in [1.82, 2.24) is 4.98 Å². The summed E-state index contributed by atoms with van der Waals surface area (Å²) in [6.45, 7) is 1.96. The number of nitrogens with one attached hydrogen (secondary N) is 2. The van der Waals surface area contributed by atoms with Crippen LogP contribution in [-0.2, 0) is 4.79 Å². The van der Waals surface area contributed by atoms with Crippen molar-refractivity contribution in [3.8, 4) is 5.75 Å². The fourth-order valence-corrected chi connectivity index (χ4v) is 2.25. The van der Waals surface area contributed by atoms with Gasteiger partial charge in [-0.2, -0.15) is 0 Å². The Balaban J connectivity index is 1.98. The summed E-state index contributed by atoms with van der Waals surface area (Å²) in [7, 11) is 1.62. The van der Waals surface area contributed by atoms with Crippen LogP contribution in [0.5, 0.6) is 5.75 Å². The molecule has 2 rings (SSSR count). The first-order chi connectivity index (χ1) is 9.72. The lowest BCUT2D eigenvalue weighted by atomic mass is 10.2. The van der Waals surface area contributed by atoms with Gasteiger partial charge in [0.2, 0.25) is 5.91 Å². The number of hydrogen-bond donors (Lipinski definition) is 2. The fraction of sp³-hybridized carbons (Fsp3) is 0.286. The predicted octanol–water partition coefficient (Wildman–Crippen LogP) is 2.98. The molecule has 6 heteroatoms. The lowest BCUT2D eigenvalue weighted by Crippen LogP contribution is -2.34. The molecule has 0 saturated heterocycles. The van der Waals surface area contributed by atoms with Gasteiger partial charge in [0.25, 0.3) is 0 Å². The van der Waals surface area contributed by atoms with Crippen molar-refractivity contribution < 1.29 is 9.53 Å². The molecule has 5 nitrogen and oxygen atoms in total.